The number of carbonyl (C=O) groups is 3. The lowest BCUT2D eigenvalue weighted by atomic mass is 10.2. The number of hydrogen-bond acceptors (Lipinski definition) is 9. The van der Waals surface area contributed by atoms with E-state index in [4.69, 9.17) is 23.8 Å². The van der Waals surface area contributed by atoms with Crippen molar-refractivity contribution >= 4 is 18.2 Å². The van der Waals surface area contributed by atoms with Gasteiger partial charge in [-0.05, 0) is 34.7 Å². The number of hydroxylamine groups is 1. The molecule has 0 saturated carbocycles. The third kappa shape index (κ3) is 31.3. The second-order valence-electron chi connectivity index (χ2n) is 6.80. The van der Waals surface area contributed by atoms with E-state index in [2.05, 4.69) is 10.8 Å². The molecule has 0 aromatic rings. The van der Waals surface area contributed by atoms with E-state index in [0.717, 1.165) is 12.8 Å². The molecular weight excluding hydrogens is 384 g/mol. The lowest BCUT2D eigenvalue weighted by molar-refractivity contribution is -0.118. The SMILES string of the molecule is CC(=O)CCC=O.CNCCOCCOCCOCCONC(=O)OC(C)(C)C. The Kier molecular flexibility index (Phi) is 21.6. The highest BCUT2D eigenvalue weighted by Gasteiger charge is 2.15. The minimum absolute atomic E-state index is 0.0760. The fraction of sp³-hybridized carbons (Fsp3) is 0.842. The molecule has 0 aliphatic heterocycles. The van der Waals surface area contributed by atoms with Crippen molar-refractivity contribution in [3.05, 3.63) is 0 Å². The molecule has 0 unspecified atom stereocenters. The number of hydrogen-bond donors (Lipinski definition) is 2. The van der Waals surface area contributed by atoms with E-state index in [1.165, 1.54) is 6.92 Å². The molecule has 29 heavy (non-hydrogen) atoms. The predicted molar refractivity (Wildman–Crippen MR) is 108 cm³/mol. The maximum atomic E-state index is 11.2. The first-order valence-corrected chi connectivity index (χ1v) is 9.64. The summed E-state index contributed by atoms with van der Waals surface area (Å²) in [7, 11) is 1.88. The van der Waals surface area contributed by atoms with E-state index in [9.17, 15) is 14.4 Å². The van der Waals surface area contributed by atoms with Crippen LogP contribution in [0.3, 0.4) is 0 Å². The van der Waals surface area contributed by atoms with E-state index < -0.39 is 11.7 Å². The fourth-order valence-corrected chi connectivity index (χ4v) is 1.49. The van der Waals surface area contributed by atoms with Crippen LogP contribution in [0.4, 0.5) is 4.79 Å². The van der Waals surface area contributed by atoms with Crippen LogP contribution < -0.4 is 10.8 Å². The van der Waals surface area contributed by atoms with E-state index in [-0.39, 0.29) is 12.4 Å². The predicted octanol–water partition coefficient (Wildman–Crippen LogP) is 1.27. The zero-order valence-electron chi connectivity index (χ0n) is 18.4. The normalized spacial score (nSPS) is 10.7. The molecule has 1 amide bonds. The number of rotatable bonds is 16. The van der Waals surface area contributed by atoms with Gasteiger partial charge in [0.2, 0.25) is 0 Å². The van der Waals surface area contributed by atoms with Gasteiger partial charge in [-0.25, -0.2) is 4.79 Å². The van der Waals surface area contributed by atoms with E-state index >= 15 is 0 Å². The van der Waals surface area contributed by atoms with Crippen LogP contribution in [0.5, 0.6) is 0 Å². The van der Waals surface area contributed by atoms with Crippen LogP contribution in [0.15, 0.2) is 0 Å². The summed E-state index contributed by atoms with van der Waals surface area (Å²) in [5.41, 5.74) is 1.64. The van der Waals surface area contributed by atoms with Gasteiger partial charge < -0.3 is 33.9 Å². The summed E-state index contributed by atoms with van der Waals surface area (Å²) < 4.78 is 20.9. The number of ether oxygens (including phenoxy) is 4. The zero-order valence-corrected chi connectivity index (χ0v) is 18.4. The summed E-state index contributed by atoms with van der Waals surface area (Å²) in [5.74, 6) is 0.0760. The average Bonchev–Trinajstić information content (AvgIpc) is 2.63. The van der Waals surface area contributed by atoms with Crippen molar-refractivity contribution in [1.82, 2.24) is 10.8 Å². The maximum Gasteiger partial charge on any atom is 0.431 e. The highest BCUT2D eigenvalue weighted by Crippen LogP contribution is 2.06. The third-order valence-corrected chi connectivity index (χ3v) is 2.74. The van der Waals surface area contributed by atoms with Gasteiger partial charge in [0.25, 0.3) is 0 Å². The first kappa shape index (κ1) is 29.6. The van der Waals surface area contributed by atoms with Crippen LogP contribution in [0.25, 0.3) is 0 Å². The quantitative estimate of drug-likeness (QED) is 0.215. The zero-order chi connectivity index (χ0) is 22.4. The van der Waals surface area contributed by atoms with Gasteiger partial charge in [0.05, 0.1) is 46.2 Å². The smallest absolute Gasteiger partial charge is 0.431 e. The van der Waals surface area contributed by atoms with Crippen LogP contribution in [-0.4, -0.2) is 83.6 Å². The molecule has 0 aromatic heterocycles. The molecule has 0 rings (SSSR count). The van der Waals surface area contributed by atoms with Crippen LogP contribution in [0, 0.1) is 0 Å². The first-order chi connectivity index (χ1) is 13.7. The van der Waals surface area contributed by atoms with Gasteiger partial charge in [0, 0.05) is 19.4 Å². The third-order valence-electron chi connectivity index (χ3n) is 2.74. The monoisotopic (exact) mass is 422 g/mol. The molecule has 2 N–H and O–H groups in total. The molecular formula is C19H38N2O8. The van der Waals surface area contributed by atoms with Gasteiger partial charge >= 0.3 is 6.09 Å². The Morgan fingerprint density at radius 1 is 0.897 bits per heavy atom. The number of ketones is 1. The second kappa shape index (κ2) is 21.1. The van der Waals surface area contributed by atoms with Crippen molar-refractivity contribution in [2.45, 2.75) is 46.1 Å². The Labute approximate surface area is 173 Å². The lowest BCUT2D eigenvalue weighted by Crippen LogP contribution is -2.33. The van der Waals surface area contributed by atoms with Gasteiger partial charge in [0.15, 0.2) is 0 Å². The number of carbonyl (C=O) groups excluding carboxylic acids is 3. The number of amides is 1. The number of likely N-dealkylation sites (N-methyl/N-ethyl adjacent to an activating group) is 1. The molecule has 0 bridgehead atoms. The molecule has 0 radical (unpaired) electrons. The van der Waals surface area contributed by atoms with Gasteiger partial charge in [-0.2, -0.15) is 5.48 Å². The number of aldehydes is 1. The van der Waals surface area contributed by atoms with E-state index in [0.29, 0.717) is 52.5 Å². The van der Waals surface area contributed by atoms with Gasteiger partial charge in [-0.1, -0.05) is 0 Å². The molecule has 0 aliphatic carbocycles. The topological polar surface area (TPSA) is 121 Å². The second-order valence-corrected chi connectivity index (χ2v) is 6.80. The lowest BCUT2D eigenvalue weighted by Gasteiger charge is -2.19. The summed E-state index contributed by atoms with van der Waals surface area (Å²) in [5, 5.41) is 2.99. The molecule has 10 heteroatoms. The van der Waals surface area contributed by atoms with Crippen molar-refractivity contribution in [2.75, 3.05) is 59.8 Å². The molecule has 0 aliphatic rings. The molecule has 0 spiro atoms. The van der Waals surface area contributed by atoms with Crippen LogP contribution in [-0.2, 0) is 33.4 Å². The largest absolute Gasteiger partial charge is 0.442 e. The molecule has 0 aromatic carbocycles. The van der Waals surface area contributed by atoms with Crippen molar-refractivity contribution in [2.24, 2.45) is 0 Å². The molecule has 172 valence electrons. The van der Waals surface area contributed by atoms with Gasteiger partial charge in [-0.3, -0.25) is 4.84 Å². The maximum absolute atomic E-state index is 11.2. The van der Waals surface area contributed by atoms with Crippen LogP contribution in [0.1, 0.15) is 40.5 Å². The Balaban J connectivity index is 0. The highest BCUT2D eigenvalue weighted by atomic mass is 16.7. The van der Waals surface area contributed by atoms with Crippen molar-refractivity contribution in [1.29, 1.82) is 0 Å². The van der Waals surface area contributed by atoms with Gasteiger partial charge in [-0.15, -0.1) is 0 Å². The Hall–Kier alpha value is -1.59. The Morgan fingerprint density at radius 3 is 1.83 bits per heavy atom. The van der Waals surface area contributed by atoms with Crippen molar-refractivity contribution in [3.8, 4) is 0 Å². The van der Waals surface area contributed by atoms with Crippen molar-refractivity contribution in [3.63, 3.8) is 0 Å². The summed E-state index contributed by atoms with van der Waals surface area (Å²) in [6.07, 6.45) is 0.898. The number of nitrogens with one attached hydrogen (secondary N) is 2. The fourth-order valence-electron chi connectivity index (χ4n) is 1.49. The molecule has 0 fully saturated rings. The summed E-state index contributed by atoms with van der Waals surface area (Å²) in [4.78, 5) is 35.7. The van der Waals surface area contributed by atoms with Gasteiger partial charge in [0.1, 0.15) is 17.7 Å². The molecule has 0 atom stereocenters. The first-order valence-electron chi connectivity index (χ1n) is 9.64. The molecule has 0 heterocycles. The standard InChI is InChI=1S/C14H30N2O6.C5H8O2/c1-14(2,3)22-13(17)16-21-12-11-20-10-9-19-8-7-18-6-5-15-4;1-5(7)3-2-4-6/h15H,5-12H2,1-4H3,(H,16,17);4H,2-3H2,1H3. The molecule has 10 nitrogen and oxygen atoms in total. The summed E-state index contributed by atoms with van der Waals surface area (Å²) in [6, 6.07) is 0. The average molecular weight is 423 g/mol. The Morgan fingerprint density at radius 2 is 1.41 bits per heavy atom. The van der Waals surface area contributed by atoms with E-state index in [1.54, 1.807) is 20.8 Å². The van der Waals surface area contributed by atoms with E-state index in [1.807, 2.05) is 7.05 Å². The summed E-state index contributed by atoms with van der Waals surface area (Å²) in [6.45, 7) is 11.0. The minimum Gasteiger partial charge on any atom is -0.442 e. The highest BCUT2D eigenvalue weighted by molar-refractivity contribution is 5.77. The molecule has 0 saturated heterocycles. The van der Waals surface area contributed by atoms with Crippen molar-refractivity contribution < 1.29 is 38.2 Å². The van der Waals surface area contributed by atoms with Crippen LogP contribution >= 0.6 is 0 Å². The minimum atomic E-state index is -0.617. The summed E-state index contributed by atoms with van der Waals surface area (Å²) >= 11 is 0. The van der Waals surface area contributed by atoms with Crippen LogP contribution in [0.2, 0.25) is 0 Å². The number of Topliss-reactive ketones (excluding diaryl/α,β-unsaturated/α-hetero) is 1. The Bertz CT molecular complexity index is 414.